The molecule has 42 heavy (non-hydrogen) atoms. The number of phosphoric ester groups is 1. The van der Waals surface area contributed by atoms with E-state index in [0.717, 1.165) is 38.5 Å². The molecule has 10 unspecified atom stereocenters. The normalized spacial score (nSPS) is 39.2. The standard InChI is InChI=1S/C29H52NO10PS/c1-5-38-25-17-20-16-21(31)10-12-28(20,3)24-11-13-29(4)22(7-8-23(29)27(24)25)19(2)6-9-26(32)30-14-15-42(36,37)40-18-39-41(33,34)35/h19-25,27,31H,5-18H2,1-4H3,(H,30,32)(H2,33,34,35). The zero-order chi connectivity index (χ0) is 30.9. The highest BCUT2D eigenvalue weighted by molar-refractivity contribution is 7.86. The van der Waals surface area contributed by atoms with Crippen LogP contribution in [-0.4, -0.2) is 67.1 Å². The fourth-order valence-corrected chi connectivity index (χ4v) is 10.7. The highest BCUT2D eigenvalue weighted by Crippen LogP contribution is 2.68. The Morgan fingerprint density at radius 1 is 1.07 bits per heavy atom. The summed E-state index contributed by atoms with van der Waals surface area (Å²) in [7, 11) is -8.94. The lowest BCUT2D eigenvalue weighted by atomic mass is 9.43. The summed E-state index contributed by atoms with van der Waals surface area (Å²) in [6.45, 7) is 8.78. The van der Waals surface area contributed by atoms with E-state index in [0.29, 0.717) is 48.5 Å². The molecule has 1 amide bonds. The van der Waals surface area contributed by atoms with E-state index < -0.39 is 30.5 Å². The zero-order valence-electron chi connectivity index (χ0n) is 25.6. The fourth-order valence-electron chi connectivity index (χ4n) is 9.73. The number of aliphatic hydroxyl groups is 1. The van der Waals surface area contributed by atoms with Gasteiger partial charge < -0.3 is 24.9 Å². The number of rotatable bonds is 13. The molecule has 4 fully saturated rings. The number of fused-ring (bicyclic) bond motifs is 5. The van der Waals surface area contributed by atoms with E-state index in [1.54, 1.807) is 0 Å². The molecular weight excluding hydrogens is 585 g/mol. The van der Waals surface area contributed by atoms with Gasteiger partial charge >= 0.3 is 7.82 Å². The molecule has 11 nitrogen and oxygen atoms in total. The van der Waals surface area contributed by atoms with Crippen LogP contribution in [0.3, 0.4) is 0 Å². The van der Waals surface area contributed by atoms with E-state index in [2.05, 4.69) is 41.7 Å². The molecule has 4 aliphatic rings. The maximum Gasteiger partial charge on any atom is 0.471 e. The maximum absolute atomic E-state index is 12.5. The van der Waals surface area contributed by atoms with E-state index in [1.807, 2.05) is 0 Å². The third-order valence-corrected chi connectivity index (χ3v) is 13.3. The third-order valence-electron chi connectivity index (χ3n) is 11.7. The number of aliphatic hydroxyl groups excluding tert-OH is 1. The van der Waals surface area contributed by atoms with Crippen molar-refractivity contribution in [2.24, 2.45) is 46.3 Å². The fraction of sp³-hybridized carbons (Fsp3) is 0.966. The van der Waals surface area contributed by atoms with E-state index in [1.165, 1.54) is 19.3 Å². The Hall–Kier alpha value is -0.590. The van der Waals surface area contributed by atoms with E-state index in [9.17, 15) is 22.9 Å². The van der Waals surface area contributed by atoms with Crippen molar-refractivity contribution >= 4 is 23.8 Å². The van der Waals surface area contributed by atoms with Gasteiger partial charge in [-0.2, -0.15) is 8.42 Å². The Balaban J connectivity index is 1.31. The first-order chi connectivity index (χ1) is 19.6. The molecule has 10 atom stereocenters. The van der Waals surface area contributed by atoms with Crippen LogP contribution >= 0.6 is 7.82 Å². The van der Waals surface area contributed by atoms with Gasteiger partial charge in [0.05, 0.1) is 18.0 Å². The second kappa shape index (κ2) is 13.4. The van der Waals surface area contributed by atoms with Crippen LogP contribution in [0.15, 0.2) is 0 Å². The first kappa shape index (κ1) is 34.3. The Labute approximate surface area is 251 Å². The van der Waals surface area contributed by atoms with Crippen molar-refractivity contribution in [1.29, 1.82) is 0 Å². The summed E-state index contributed by atoms with van der Waals surface area (Å²) >= 11 is 0. The molecule has 0 radical (unpaired) electrons. The summed E-state index contributed by atoms with van der Waals surface area (Å²) in [6, 6.07) is 0. The van der Waals surface area contributed by atoms with Crippen molar-refractivity contribution in [1.82, 2.24) is 5.32 Å². The summed E-state index contributed by atoms with van der Waals surface area (Å²) < 4.78 is 49.2. The van der Waals surface area contributed by atoms with Gasteiger partial charge in [-0.3, -0.25) is 9.32 Å². The van der Waals surface area contributed by atoms with Crippen LogP contribution in [0.1, 0.15) is 91.9 Å². The van der Waals surface area contributed by atoms with Crippen molar-refractivity contribution in [3.63, 3.8) is 0 Å². The first-order valence-electron chi connectivity index (χ1n) is 15.7. The Morgan fingerprint density at radius 2 is 1.76 bits per heavy atom. The molecule has 0 bridgehead atoms. The lowest BCUT2D eigenvalue weighted by Crippen LogP contribution is -2.59. The largest absolute Gasteiger partial charge is 0.471 e. The van der Waals surface area contributed by atoms with Crippen LogP contribution in [0.2, 0.25) is 0 Å². The molecule has 4 N–H and O–H groups in total. The van der Waals surface area contributed by atoms with Crippen molar-refractivity contribution in [2.75, 3.05) is 25.7 Å². The predicted octanol–water partition coefficient (Wildman–Crippen LogP) is 3.97. The monoisotopic (exact) mass is 637 g/mol. The molecule has 0 saturated heterocycles. The highest BCUT2D eigenvalue weighted by Gasteiger charge is 2.63. The molecular formula is C29H52NO10PS. The third kappa shape index (κ3) is 7.61. The van der Waals surface area contributed by atoms with Crippen LogP contribution in [0, 0.1) is 46.3 Å². The molecule has 4 saturated carbocycles. The summed E-state index contributed by atoms with van der Waals surface area (Å²) in [5, 5.41) is 13.1. The van der Waals surface area contributed by atoms with Crippen LogP contribution < -0.4 is 5.32 Å². The second-order valence-electron chi connectivity index (χ2n) is 13.9. The minimum absolute atomic E-state index is 0.159. The van der Waals surface area contributed by atoms with Gasteiger partial charge in [0.15, 0.2) is 6.79 Å². The molecule has 4 aliphatic carbocycles. The van der Waals surface area contributed by atoms with Crippen molar-refractivity contribution in [3.05, 3.63) is 0 Å². The maximum atomic E-state index is 12.5. The number of carbonyl (C=O) groups is 1. The minimum Gasteiger partial charge on any atom is -0.393 e. The first-order valence-corrected chi connectivity index (χ1v) is 18.8. The van der Waals surface area contributed by atoms with E-state index in [4.69, 9.17) is 14.5 Å². The molecule has 244 valence electrons. The van der Waals surface area contributed by atoms with Crippen LogP contribution in [0.5, 0.6) is 0 Å². The minimum atomic E-state index is -4.83. The quantitative estimate of drug-likeness (QED) is 0.132. The van der Waals surface area contributed by atoms with Crippen LogP contribution in [0.25, 0.3) is 0 Å². The van der Waals surface area contributed by atoms with Crippen molar-refractivity contribution in [3.8, 4) is 0 Å². The van der Waals surface area contributed by atoms with Gasteiger partial charge in [-0.1, -0.05) is 20.8 Å². The van der Waals surface area contributed by atoms with E-state index >= 15 is 0 Å². The smallest absolute Gasteiger partial charge is 0.393 e. The van der Waals surface area contributed by atoms with Gasteiger partial charge in [-0.25, -0.2) is 8.75 Å². The van der Waals surface area contributed by atoms with Gasteiger partial charge in [0.2, 0.25) is 5.91 Å². The van der Waals surface area contributed by atoms with Crippen molar-refractivity contribution < 1.29 is 46.1 Å². The molecule has 0 heterocycles. The second-order valence-corrected chi connectivity index (χ2v) is 16.9. The Morgan fingerprint density at radius 3 is 2.45 bits per heavy atom. The van der Waals surface area contributed by atoms with Gasteiger partial charge in [0, 0.05) is 19.6 Å². The summed E-state index contributed by atoms with van der Waals surface area (Å²) in [6.07, 6.45) is 9.77. The number of nitrogens with one attached hydrogen (secondary N) is 1. The van der Waals surface area contributed by atoms with Crippen molar-refractivity contribution in [2.45, 2.75) is 104 Å². The van der Waals surface area contributed by atoms with Gasteiger partial charge in [0.25, 0.3) is 10.1 Å². The lowest BCUT2D eigenvalue weighted by Gasteiger charge is -2.63. The predicted molar refractivity (Wildman–Crippen MR) is 156 cm³/mol. The SMILES string of the molecule is CCOC1CC2CC(O)CCC2(C)C2CCC3(C)C(C(C)CCC(=O)NCCS(=O)(=O)OCOP(=O)(O)O)CCC3C12. The topological polar surface area (TPSA) is 169 Å². The average Bonchev–Trinajstić information content (AvgIpc) is 3.24. The summed E-state index contributed by atoms with van der Waals surface area (Å²) in [5.41, 5.74) is 0.468. The number of ether oxygens (including phenoxy) is 1. The Kier molecular flexibility index (Phi) is 10.9. The molecule has 13 heteroatoms. The van der Waals surface area contributed by atoms with Crippen LogP contribution in [0.4, 0.5) is 0 Å². The zero-order valence-corrected chi connectivity index (χ0v) is 27.3. The van der Waals surface area contributed by atoms with Gasteiger partial charge in [-0.05, 0) is 111 Å². The Bertz CT molecular complexity index is 1100. The molecule has 0 spiro atoms. The highest BCUT2D eigenvalue weighted by atomic mass is 32.2. The molecule has 0 aromatic heterocycles. The number of carbonyl (C=O) groups excluding carboxylic acids is 1. The molecule has 0 aromatic carbocycles. The number of hydrogen-bond donors (Lipinski definition) is 4. The summed E-state index contributed by atoms with van der Waals surface area (Å²) in [4.78, 5) is 29.8. The molecule has 0 aliphatic heterocycles. The molecule has 0 aromatic rings. The number of amides is 1. The van der Waals surface area contributed by atoms with Gasteiger partial charge in [0.1, 0.15) is 0 Å². The summed E-state index contributed by atoms with van der Waals surface area (Å²) in [5.74, 6) is 2.39. The average molecular weight is 638 g/mol. The van der Waals surface area contributed by atoms with E-state index in [-0.39, 0.29) is 35.5 Å². The number of hydrogen-bond acceptors (Lipinski definition) is 8. The van der Waals surface area contributed by atoms with Gasteiger partial charge in [-0.15, -0.1) is 0 Å². The molecule has 4 rings (SSSR count). The lowest BCUT2D eigenvalue weighted by molar-refractivity contribution is -0.187. The van der Waals surface area contributed by atoms with Crippen LogP contribution in [-0.2, 0) is 32.9 Å². The number of phosphoric acid groups is 1.